The summed E-state index contributed by atoms with van der Waals surface area (Å²) in [5, 5.41) is 1.10. The average molecular weight is 350 g/mol. The predicted molar refractivity (Wildman–Crippen MR) is 112 cm³/mol. The van der Waals surface area contributed by atoms with Crippen LogP contribution in [-0.4, -0.2) is 31.0 Å². The van der Waals surface area contributed by atoms with Crippen LogP contribution in [-0.2, 0) is 0 Å². The van der Waals surface area contributed by atoms with E-state index in [0.717, 1.165) is 46.3 Å². The molecule has 0 saturated heterocycles. The van der Waals surface area contributed by atoms with Crippen molar-refractivity contribution in [3.63, 3.8) is 0 Å². The second kappa shape index (κ2) is 10.8. The van der Waals surface area contributed by atoms with Gasteiger partial charge in [-0.2, -0.15) is 0 Å². The molecular formula is C21H28LiO2P. The Hall–Kier alpha value is -1.06. The van der Waals surface area contributed by atoms with Gasteiger partial charge in [-0.25, -0.2) is 0 Å². The van der Waals surface area contributed by atoms with E-state index in [-0.39, 0.29) is 33.0 Å². The first kappa shape index (κ1) is 22.0. The Bertz CT molecular complexity index is 693. The maximum atomic E-state index is 12.7. The molecule has 1 atom stereocenters. The number of carbonyl (C=O) groups excluding carboxylic acids is 1. The van der Waals surface area contributed by atoms with E-state index in [0.29, 0.717) is 0 Å². The van der Waals surface area contributed by atoms with Gasteiger partial charge >= 0.3 is 18.9 Å². The molecule has 0 fully saturated rings. The van der Waals surface area contributed by atoms with E-state index in [4.69, 9.17) is 4.74 Å². The predicted octanol–water partition coefficient (Wildman–Crippen LogP) is 4.68. The first-order valence-corrected chi connectivity index (χ1v) is 9.64. The van der Waals surface area contributed by atoms with E-state index in [1.54, 1.807) is 0 Å². The molecule has 2 aromatic rings. The van der Waals surface area contributed by atoms with Crippen LogP contribution in [0.3, 0.4) is 0 Å². The Kier molecular flexibility index (Phi) is 9.51. The summed E-state index contributed by atoms with van der Waals surface area (Å²) in [6.07, 6.45) is 3.48. The van der Waals surface area contributed by atoms with Crippen molar-refractivity contribution in [2.24, 2.45) is 0 Å². The van der Waals surface area contributed by atoms with Gasteiger partial charge in [-0.1, -0.05) is 44.0 Å². The normalized spacial score (nSPS) is 10.7. The van der Waals surface area contributed by atoms with Gasteiger partial charge in [0.25, 0.3) is 0 Å². The summed E-state index contributed by atoms with van der Waals surface area (Å²) < 4.78 is 5.79. The second-order valence-corrected chi connectivity index (χ2v) is 7.50. The van der Waals surface area contributed by atoms with Crippen molar-refractivity contribution >= 4 is 38.3 Å². The SMILES string of the molecule is CCCCCOc1ccc(PC(=O)c2c(C)cccc2C)c(C)c1.[LiH]. The van der Waals surface area contributed by atoms with Crippen LogP contribution in [0.15, 0.2) is 36.4 Å². The quantitative estimate of drug-likeness (QED) is 0.393. The van der Waals surface area contributed by atoms with Gasteiger partial charge in [0.1, 0.15) is 5.75 Å². The van der Waals surface area contributed by atoms with Gasteiger partial charge in [-0.05, 0) is 69.9 Å². The van der Waals surface area contributed by atoms with Crippen LogP contribution in [0, 0.1) is 20.8 Å². The van der Waals surface area contributed by atoms with Gasteiger partial charge < -0.3 is 4.74 Å². The van der Waals surface area contributed by atoms with Crippen molar-refractivity contribution in [3.05, 3.63) is 58.7 Å². The minimum atomic E-state index is 0. The fourth-order valence-electron chi connectivity index (χ4n) is 2.77. The van der Waals surface area contributed by atoms with Gasteiger partial charge in [0.15, 0.2) is 5.52 Å². The Morgan fingerprint density at radius 1 is 1.00 bits per heavy atom. The summed E-state index contributed by atoms with van der Waals surface area (Å²) in [5.41, 5.74) is 4.32. The summed E-state index contributed by atoms with van der Waals surface area (Å²) in [4.78, 5) is 12.7. The third kappa shape index (κ3) is 6.30. The Balaban J connectivity index is 0.00000312. The molecule has 130 valence electrons. The topological polar surface area (TPSA) is 26.3 Å². The van der Waals surface area contributed by atoms with Crippen LogP contribution in [0.4, 0.5) is 0 Å². The summed E-state index contributed by atoms with van der Waals surface area (Å²) in [5.74, 6) is 0.900. The number of aryl methyl sites for hydroxylation is 3. The first-order valence-electron chi connectivity index (χ1n) is 8.64. The summed E-state index contributed by atoms with van der Waals surface area (Å²) >= 11 is 0. The Labute approximate surface area is 165 Å². The molecule has 0 radical (unpaired) electrons. The van der Waals surface area contributed by atoms with E-state index >= 15 is 0 Å². The zero-order valence-electron chi connectivity index (χ0n) is 15.1. The molecule has 0 N–H and O–H groups in total. The number of carbonyl (C=O) groups is 1. The van der Waals surface area contributed by atoms with E-state index in [9.17, 15) is 4.79 Å². The van der Waals surface area contributed by atoms with E-state index in [1.807, 2.05) is 50.2 Å². The molecule has 4 heteroatoms. The summed E-state index contributed by atoms with van der Waals surface area (Å²) in [6.45, 7) is 9.01. The molecule has 25 heavy (non-hydrogen) atoms. The molecule has 0 saturated carbocycles. The van der Waals surface area contributed by atoms with Crippen LogP contribution < -0.4 is 10.0 Å². The first-order chi connectivity index (χ1) is 11.5. The molecule has 0 heterocycles. The van der Waals surface area contributed by atoms with Crippen LogP contribution >= 0.6 is 8.58 Å². The minimum absolute atomic E-state index is 0. The number of benzene rings is 2. The molecule has 0 spiro atoms. The molecule has 0 aliphatic heterocycles. The number of rotatable bonds is 8. The summed E-state index contributed by atoms with van der Waals surface area (Å²) in [7, 11) is 0.152. The molecule has 0 aromatic heterocycles. The van der Waals surface area contributed by atoms with Crippen LogP contribution in [0.25, 0.3) is 0 Å². The number of hydrogen-bond donors (Lipinski definition) is 0. The molecule has 0 aliphatic rings. The standard InChI is InChI=1S/C21H27O2P.Li.H/c1-5-6-7-13-23-18-11-12-19(17(4)14-18)24-21(22)20-15(2)9-8-10-16(20)3;;/h8-12,14,24H,5-7,13H2,1-4H3;;. The zero-order valence-corrected chi connectivity index (χ0v) is 16.1. The zero-order chi connectivity index (χ0) is 17.5. The molecule has 1 unspecified atom stereocenters. The van der Waals surface area contributed by atoms with Crippen molar-refractivity contribution in [2.45, 2.75) is 47.0 Å². The third-order valence-electron chi connectivity index (χ3n) is 4.17. The van der Waals surface area contributed by atoms with E-state index in [1.165, 1.54) is 12.8 Å². The summed E-state index contributed by atoms with van der Waals surface area (Å²) in [6, 6.07) is 12.1. The van der Waals surface area contributed by atoms with Crippen LogP contribution in [0.1, 0.15) is 53.2 Å². The molecule has 2 nitrogen and oxygen atoms in total. The van der Waals surface area contributed by atoms with Gasteiger partial charge in [-0.15, -0.1) is 0 Å². The molecule has 0 amide bonds. The van der Waals surface area contributed by atoms with Crippen LogP contribution in [0.2, 0.25) is 0 Å². The fourth-order valence-corrected chi connectivity index (χ4v) is 3.97. The molecule has 2 aromatic carbocycles. The Morgan fingerprint density at radius 3 is 2.28 bits per heavy atom. The average Bonchev–Trinajstić information content (AvgIpc) is 2.54. The molecule has 0 aliphatic carbocycles. The van der Waals surface area contributed by atoms with Crippen molar-refractivity contribution in [1.29, 1.82) is 0 Å². The van der Waals surface area contributed by atoms with Crippen molar-refractivity contribution in [3.8, 4) is 5.75 Å². The molecular weight excluding hydrogens is 322 g/mol. The van der Waals surface area contributed by atoms with Crippen LogP contribution in [0.5, 0.6) is 5.75 Å². The molecule has 2 rings (SSSR count). The monoisotopic (exact) mass is 350 g/mol. The van der Waals surface area contributed by atoms with Gasteiger partial charge in [0.2, 0.25) is 0 Å². The maximum absolute atomic E-state index is 12.7. The van der Waals surface area contributed by atoms with Crippen molar-refractivity contribution < 1.29 is 9.53 Å². The number of unbranched alkanes of at least 4 members (excludes halogenated alkanes) is 2. The van der Waals surface area contributed by atoms with Gasteiger partial charge in [-0.3, -0.25) is 4.79 Å². The Morgan fingerprint density at radius 2 is 1.68 bits per heavy atom. The third-order valence-corrected chi connectivity index (χ3v) is 5.48. The van der Waals surface area contributed by atoms with Gasteiger partial charge in [0, 0.05) is 5.56 Å². The fraction of sp³-hybridized carbons (Fsp3) is 0.381. The van der Waals surface area contributed by atoms with Gasteiger partial charge in [0.05, 0.1) is 6.61 Å². The molecule has 0 bridgehead atoms. The van der Waals surface area contributed by atoms with E-state index < -0.39 is 0 Å². The van der Waals surface area contributed by atoms with E-state index in [2.05, 4.69) is 13.8 Å². The van der Waals surface area contributed by atoms with Crippen molar-refractivity contribution in [1.82, 2.24) is 0 Å². The number of ether oxygens (including phenoxy) is 1. The van der Waals surface area contributed by atoms with Crippen molar-refractivity contribution in [2.75, 3.05) is 6.61 Å². The second-order valence-electron chi connectivity index (χ2n) is 6.25. The number of hydrogen-bond acceptors (Lipinski definition) is 2.